The van der Waals surface area contributed by atoms with Crippen LogP contribution in [-0.2, 0) is 19.6 Å². The zero-order chi connectivity index (χ0) is 25.6. The normalized spacial score (nSPS) is 15.6. The van der Waals surface area contributed by atoms with Crippen molar-refractivity contribution in [2.24, 2.45) is 0 Å². The zero-order valence-corrected chi connectivity index (χ0v) is 20.7. The molecule has 9 nitrogen and oxygen atoms in total. The van der Waals surface area contributed by atoms with Crippen molar-refractivity contribution < 1.29 is 27.9 Å². The Morgan fingerprint density at radius 3 is 2.09 bits per heavy atom. The number of nitrogens with one attached hydrogen (secondary N) is 1. The van der Waals surface area contributed by atoms with E-state index in [-0.39, 0.29) is 49.8 Å². The first kappa shape index (κ1) is 26.4. The van der Waals surface area contributed by atoms with Crippen LogP contribution >= 0.6 is 0 Å². The quantitative estimate of drug-likeness (QED) is 0.543. The number of piperazine rings is 1. The molecule has 1 aliphatic heterocycles. The summed E-state index contributed by atoms with van der Waals surface area (Å²) < 4.78 is 27.3. The maximum absolute atomic E-state index is 13.0. The minimum Gasteiger partial charge on any atom is -0.480 e. The second-order valence-corrected chi connectivity index (χ2v) is 10.7. The molecule has 35 heavy (non-hydrogen) atoms. The van der Waals surface area contributed by atoms with E-state index >= 15 is 0 Å². The van der Waals surface area contributed by atoms with Crippen molar-refractivity contribution in [3.05, 3.63) is 65.7 Å². The molecule has 0 bridgehead atoms. The Hall–Kier alpha value is -3.24. The van der Waals surface area contributed by atoms with Crippen LogP contribution in [0.5, 0.6) is 0 Å². The summed E-state index contributed by atoms with van der Waals surface area (Å²) in [5.74, 6) is -1.72. The van der Waals surface area contributed by atoms with E-state index in [1.165, 1.54) is 9.21 Å². The number of nitrogens with zero attached hydrogens (tertiary/aromatic N) is 2. The molecule has 1 heterocycles. The summed E-state index contributed by atoms with van der Waals surface area (Å²) in [5.41, 5.74) is 1.39. The average Bonchev–Trinajstić information content (AvgIpc) is 2.86. The molecular formula is C25H31N3O6S. The van der Waals surface area contributed by atoms with Gasteiger partial charge in [0.2, 0.25) is 15.9 Å². The van der Waals surface area contributed by atoms with Gasteiger partial charge in [0, 0.05) is 38.2 Å². The van der Waals surface area contributed by atoms with Crippen molar-refractivity contribution >= 4 is 27.8 Å². The maximum atomic E-state index is 13.0. The Bertz CT molecular complexity index is 1140. The van der Waals surface area contributed by atoms with E-state index in [0.717, 1.165) is 5.56 Å². The minimum absolute atomic E-state index is 0.0621. The topological polar surface area (TPSA) is 124 Å². The van der Waals surface area contributed by atoms with Crippen molar-refractivity contribution in [1.82, 2.24) is 14.5 Å². The van der Waals surface area contributed by atoms with Gasteiger partial charge >= 0.3 is 5.97 Å². The predicted molar refractivity (Wildman–Crippen MR) is 130 cm³/mol. The number of amides is 2. The highest BCUT2D eigenvalue weighted by atomic mass is 32.2. The molecule has 2 N–H and O–H groups in total. The largest absolute Gasteiger partial charge is 0.480 e. The summed E-state index contributed by atoms with van der Waals surface area (Å²) in [6.45, 7) is 4.83. The molecular weight excluding hydrogens is 470 g/mol. The Morgan fingerprint density at radius 1 is 0.943 bits per heavy atom. The lowest BCUT2D eigenvalue weighted by molar-refractivity contribution is -0.139. The predicted octanol–water partition coefficient (Wildman–Crippen LogP) is 2.31. The summed E-state index contributed by atoms with van der Waals surface area (Å²) in [4.78, 5) is 38.3. The number of sulfonamides is 1. The summed E-state index contributed by atoms with van der Waals surface area (Å²) in [6, 6.07) is 13.9. The van der Waals surface area contributed by atoms with Gasteiger partial charge in [0.15, 0.2) is 0 Å². The molecule has 188 valence electrons. The molecule has 1 saturated heterocycles. The van der Waals surface area contributed by atoms with Gasteiger partial charge in [-0.3, -0.25) is 9.59 Å². The van der Waals surface area contributed by atoms with Crippen LogP contribution in [0, 0.1) is 0 Å². The van der Waals surface area contributed by atoms with Gasteiger partial charge in [-0.15, -0.1) is 0 Å². The number of rotatable bonds is 9. The van der Waals surface area contributed by atoms with Crippen molar-refractivity contribution in [3.8, 4) is 0 Å². The number of hydrogen-bond acceptors (Lipinski definition) is 5. The number of benzene rings is 2. The van der Waals surface area contributed by atoms with E-state index in [1.807, 2.05) is 26.0 Å². The Kier molecular flexibility index (Phi) is 8.63. The number of carboxylic acid groups (broad SMARTS) is 1. The smallest absolute Gasteiger partial charge is 0.326 e. The van der Waals surface area contributed by atoms with Gasteiger partial charge in [0.25, 0.3) is 5.91 Å². The molecule has 0 radical (unpaired) electrons. The summed E-state index contributed by atoms with van der Waals surface area (Å²) in [5, 5.41) is 11.9. The first-order valence-electron chi connectivity index (χ1n) is 11.6. The fourth-order valence-electron chi connectivity index (χ4n) is 3.87. The molecule has 0 saturated carbocycles. The molecule has 0 aromatic heterocycles. The highest BCUT2D eigenvalue weighted by molar-refractivity contribution is 7.89. The second kappa shape index (κ2) is 11.5. The van der Waals surface area contributed by atoms with E-state index < -0.39 is 27.9 Å². The van der Waals surface area contributed by atoms with Crippen LogP contribution in [0.2, 0.25) is 0 Å². The standard InChI is InChI=1S/C25H31N3O6S/c1-18(2)19-8-10-21(11-9-19)35(33,34)28-16-14-27(15-17-28)23(29)13-12-22(25(31)32)26-24(30)20-6-4-3-5-7-20/h3-11,18,22H,12-17H2,1-2H3,(H,26,30)(H,31,32)/t22-/m0/s1. The molecule has 1 fully saturated rings. The summed E-state index contributed by atoms with van der Waals surface area (Å²) in [7, 11) is -3.66. The molecule has 2 aromatic carbocycles. The highest BCUT2D eigenvalue weighted by Crippen LogP contribution is 2.21. The zero-order valence-electron chi connectivity index (χ0n) is 19.9. The Morgan fingerprint density at radius 2 is 1.54 bits per heavy atom. The van der Waals surface area contributed by atoms with Crippen molar-refractivity contribution in [1.29, 1.82) is 0 Å². The number of aliphatic carboxylic acids is 1. The number of carbonyl (C=O) groups is 3. The average molecular weight is 502 g/mol. The molecule has 0 unspecified atom stereocenters. The first-order chi connectivity index (χ1) is 16.6. The molecule has 1 atom stereocenters. The Labute approximate surface area is 205 Å². The number of hydrogen-bond donors (Lipinski definition) is 2. The molecule has 0 aliphatic carbocycles. The van der Waals surface area contributed by atoms with Crippen LogP contribution in [0.4, 0.5) is 0 Å². The third kappa shape index (κ3) is 6.67. The molecule has 3 rings (SSSR count). The van der Waals surface area contributed by atoms with Crippen LogP contribution in [-0.4, -0.2) is 72.7 Å². The van der Waals surface area contributed by atoms with Gasteiger partial charge in [-0.05, 0) is 42.2 Å². The Balaban J connectivity index is 1.52. The molecule has 10 heteroatoms. The van der Waals surface area contributed by atoms with E-state index in [4.69, 9.17) is 0 Å². The van der Waals surface area contributed by atoms with Gasteiger partial charge in [-0.25, -0.2) is 13.2 Å². The second-order valence-electron chi connectivity index (χ2n) is 8.78. The van der Waals surface area contributed by atoms with Crippen LogP contribution in [0.3, 0.4) is 0 Å². The maximum Gasteiger partial charge on any atom is 0.326 e. The van der Waals surface area contributed by atoms with Crippen LogP contribution in [0.1, 0.15) is 48.5 Å². The van der Waals surface area contributed by atoms with E-state index in [9.17, 15) is 27.9 Å². The number of carbonyl (C=O) groups excluding carboxylic acids is 2. The lowest BCUT2D eigenvalue weighted by Crippen LogP contribution is -2.50. The lowest BCUT2D eigenvalue weighted by atomic mass is 10.0. The number of carboxylic acids is 1. The van der Waals surface area contributed by atoms with E-state index in [1.54, 1.807) is 42.5 Å². The van der Waals surface area contributed by atoms with E-state index in [2.05, 4.69) is 5.32 Å². The van der Waals surface area contributed by atoms with Crippen LogP contribution in [0.25, 0.3) is 0 Å². The van der Waals surface area contributed by atoms with Gasteiger partial charge in [-0.2, -0.15) is 4.31 Å². The highest BCUT2D eigenvalue weighted by Gasteiger charge is 2.31. The summed E-state index contributed by atoms with van der Waals surface area (Å²) >= 11 is 0. The SMILES string of the molecule is CC(C)c1ccc(S(=O)(=O)N2CCN(C(=O)CC[C@H](NC(=O)c3ccccc3)C(=O)O)CC2)cc1. The van der Waals surface area contributed by atoms with E-state index in [0.29, 0.717) is 11.5 Å². The third-order valence-corrected chi connectivity index (χ3v) is 7.98. The van der Waals surface area contributed by atoms with Crippen molar-refractivity contribution in [3.63, 3.8) is 0 Å². The van der Waals surface area contributed by atoms with Crippen molar-refractivity contribution in [2.45, 2.75) is 43.5 Å². The molecule has 2 amide bonds. The minimum atomic E-state index is -3.66. The fraction of sp³-hybridized carbons (Fsp3) is 0.400. The molecule has 2 aromatic rings. The fourth-order valence-corrected chi connectivity index (χ4v) is 5.29. The van der Waals surface area contributed by atoms with Gasteiger partial charge in [0.1, 0.15) is 6.04 Å². The van der Waals surface area contributed by atoms with Crippen LogP contribution < -0.4 is 5.32 Å². The molecule has 1 aliphatic rings. The van der Waals surface area contributed by atoms with Gasteiger partial charge < -0.3 is 15.3 Å². The van der Waals surface area contributed by atoms with Gasteiger partial charge in [0.05, 0.1) is 4.90 Å². The molecule has 0 spiro atoms. The first-order valence-corrected chi connectivity index (χ1v) is 13.0. The third-order valence-electron chi connectivity index (χ3n) is 6.06. The van der Waals surface area contributed by atoms with Crippen LogP contribution in [0.15, 0.2) is 59.5 Å². The summed E-state index contributed by atoms with van der Waals surface area (Å²) in [6.07, 6.45) is -0.136. The monoisotopic (exact) mass is 501 g/mol. The lowest BCUT2D eigenvalue weighted by Gasteiger charge is -2.34. The van der Waals surface area contributed by atoms with Crippen molar-refractivity contribution in [2.75, 3.05) is 26.2 Å². The van der Waals surface area contributed by atoms with Gasteiger partial charge in [-0.1, -0.05) is 44.2 Å².